The van der Waals surface area contributed by atoms with E-state index < -0.39 is 0 Å². The predicted molar refractivity (Wildman–Crippen MR) is 76.9 cm³/mol. The third-order valence-electron chi connectivity index (χ3n) is 3.35. The fourth-order valence-corrected chi connectivity index (χ4v) is 2.83. The fraction of sp³-hybridized carbons (Fsp3) is 0.357. The van der Waals surface area contributed by atoms with Gasteiger partial charge in [-0.2, -0.15) is 5.26 Å². The zero-order chi connectivity index (χ0) is 13.8. The van der Waals surface area contributed by atoms with E-state index >= 15 is 0 Å². The molecule has 3 heterocycles. The van der Waals surface area contributed by atoms with E-state index in [1.165, 1.54) is 11.3 Å². The summed E-state index contributed by atoms with van der Waals surface area (Å²) in [6.45, 7) is 1.87. The lowest BCUT2D eigenvalue weighted by Crippen LogP contribution is -2.38. The highest BCUT2D eigenvalue weighted by atomic mass is 32.1. The van der Waals surface area contributed by atoms with Gasteiger partial charge in [0, 0.05) is 37.5 Å². The highest BCUT2D eigenvalue weighted by molar-refractivity contribution is 7.11. The van der Waals surface area contributed by atoms with Crippen molar-refractivity contribution in [2.45, 2.75) is 18.9 Å². The van der Waals surface area contributed by atoms with Gasteiger partial charge in [0.1, 0.15) is 17.9 Å². The molecule has 6 heteroatoms. The van der Waals surface area contributed by atoms with Crippen LogP contribution in [0.1, 0.15) is 18.5 Å². The number of piperidine rings is 1. The Hall–Kier alpha value is -2.13. The van der Waals surface area contributed by atoms with Crippen LogP contribution in [0.3, 0.4) is 0 Å². The molecular weight excluding hydrogens is 272 g/mol. The summed E-state index contributed by atoms with van der Waals surface area (Å²) in [4.78, 5) is 10.5. The van der Waals surface area contributed by atoms with Crippen molar-refractivity contribution in [3.63, 3.8) is 0 Å². The summed E-state index contributed by atoms with van der Waals surface area (Å²) in [7, 11) is 0. The number of ether oxygens (including phenoxy) is 1. The molecule has 0 atom stereocenters. The van der Waals surface area contributed by atoms with Crippen LogP contribution < -0.4 is 9.64 Å². The Bertz CT molecular complexity index is 583. The van der Waals surface area contributed by atoms with E-state index in [4.69, 9.17) is 10.00 Å². The van der Waals surface area contributed by atoms with Crippen LogP contribution in [0.15, 0.2) is 29.9 Å². The zero-order valence-electron chi connectivity index (χ0n) is 10.9. The first-order chi connectivity index (χ1) is 9.85. The second kappa shape index (κ2) is 5.88. The van der Waals surface area contributed by atoms with Gasteiger partial charge in [0.15, 0.2) is 0 Å². The van der Waals surface area contributed by atoms with Gasteiger partial charge in [-0.25, -0.2) is 9.97 Å². The maximum absolute atomic E-state index is 8.75. The minimum atomic E-state index is 0.240. The van der Waals surface area contributed by atoms with E-state index in [0.717, 1.165) is 36.8 Å². The van der Waals surface area contributed by atoms with Crippen molar-refractivity contribution in [3.8, 4) is 11.3 Å². The first-order valence-electron chi connectivity index (χ1n) is 6.52. The molecule has 0 bridgehead atoms. The molecule has 1 saturated heterocycles. The Labute approximate surface area is 121 Å². The van der Waals surface area contributed by atoms with Gasteiger partial charge < -0.3 is 9.64 Å². The quantitative estimate of drug-likeness (QED) is 0.867. The molecule has 20 heavy (non-hydrogen) atoms. The number of rotatable bonds is 3. The predicted octanol–water partition coefficient (Wildman–Crippen LogP) is 2.46. The number of hydrogen-bond donors (Lipinski definition) is 0. The molecule has 1 aliphatic heterocycles. The Balaban J connectivity index is 1.56. The van der Waals surface area contributed by atoms with Crippen molar-refractivity contribution < 1.29 is 4.74 Å². The number of aromatic nitrogens is 2. The van der Waals surface area contributed by atoms with E-state index in [9.17, 15) is 0 Å². The van der Waals surface area contributed by atoms with Crippen LogP contribution in [0, 0.1) is 11.3 Å². The minimum absolute atomic E-state index is 0.240. The van der Waals surface area contributed by atoms with Gasteiger partial charge in [0.05, 0.1) is 11.9 Å². The summed E-state index contributed by atoms with van der Waals surface area (Å²) in [6, 6.07) is 5.74. The van der Waals surface area contributed by atoms with Crippen LogP contribution in [0.25, 0.3) is 0 Å². The molecule has 0 aromatic carbocycles. The van der Waals surface area contributed by atoms with Crippen LogP contribution in [-0.2, 0) is 0 Å². The molecule has 0 unspecified atom stereocenters. The molecule has 0 spiro atoms. The first-order valence-corrected chi connectivity index (χ1v) is 7.40. The molecule has 0 saturated carbocycles. The molecule has 2 aromatic rings. The average Bonchev–Trinajstić information content (AvgIpc) is 3.01. The summed E-state index contributed by atoms with van der Waals surface area (Å²) in [5.74, 6) is 0. The van der Waals surface area contributed by atoms with Crippen molar-refractivity contribution in [1.82, 2.24) is 9.97 Å². The van der Waals surface area contributed by atoms with Crippen molar-refractivity contribution >= 4 is 17.0 Å². The van der Waals surface area contributed by atoms with E-state index in [-0.39, 0.29) is 6.10 Å². The third-order valence-corrected chi connectivity index (χ3v) is 4.01. The van der Waals surface area contributed by atoms with Gasteiger partial charge >= 0.3 is 0 Å². The van der Waals surface area contributed by atoms with E-state index in [2.05, 4.69) is 14.9 Å². The van der Waals surface area contributed by atoms with E-state index in [1.54, 1.807) is 18.5 Å². The molecule has 0 radical (unpaired) electrons. The highest BCUT2D eigenvalue weighted by Gasteiger charge is 2.21. The summed E-state index contributed by atoms with van der Waals surface area (Å²) in [5, 5.41) is 11.4. The van der Waals surface area contributed by atoms with E-state index in [1.807, 2.05) is 17.5 Å². The second-order valence-electron chi connectivity index (χ2n) is 4.62. The van der Waals surface area contributed by atoms with Gasteiger partial charge in [-0.3, -0.25) is 0 Å². The van der Waals surface area contributed by atoms with Crippen molar-refractivity contribution in [2.75, 3.05) is 18.0 Å². The third kappa shape index (κ3) is 2.89. The Morgan fingerprint density at radius 2 is 2.15 bits per heavy atom. The molecule has 1 aliphatic rings. The standard InChI is InChI=1S/C14H14N4OS/c15-9-11-1-2-12(10-17-11)18-6-3-13(4-7-18)19-14-16-5-8-20-14/h1-2,5,8,10,13H,3-4,6-7H2. The molecule has 0 N–H and O–H groups in total. The largest absolute Gasteiger partial charge is 0.467 e. The smallest absolute Gasteiger partial charge is 0.273 e. The van der Waals surface area contributed by atoms with Crippen molar-refractivity contribution in [1.29, 1.82) is 5.26 Å². The molecular formula is C14H14N4OS. The van der Waals surface area contributed by atoms with Gasteiger partial charge in [0.2, 0.25) is 0 Å². The zero-order valence-corrected chi connectivity index (χ0v) is 11.7. The molecule has 5 nitrogen and oxygen atoms in total. The van der Waals surface area contributed by atoms with E-state index in [0.29, 0.717) is 5.69 Å². The number of anilines is 1. The normalized spacial score (nSPS) is 15.8. The van der Waals surface area contributed by atoms with Crippen LogP contribution in [0.4, 0.5) is 5.69 Å². The van der Waals surface area contributed by atoms with Crippen molar-refractivity contribution in [2.24, 2.45) is 0 Å². The van der Waals surface area contributed by atoms with Crippen molar-refractivity contribution in [3.05, 3.63) is 35.6 Å². The van der Waals surface area contributed by atoms with Crippen LogP contribution >= 0.6 is 11.3 Å². The monoisotopic (exact) mass is 286 g/mol. The molecule has 1 fully saturated rings. The van der Waals surface area contributed by atoms with Gasteiger partial charge in [-0.15, -0.1) is 0 Å². The number of pyridine rings is 1. The van der Waals surface area contributed by atoms with Crippen LogP contribution in [-0.4, -0.2) is 29.2 Å². The maximum atomic E-state index is 8.75. The number of thiazole rings is 1. The molecule has 2 aromatic heterocycles. The van der Waals surface area contributed by atoms with Crippen LogP contribution in [0.5, 0.6) is 5.19 Å². The topological polar surface area (TPSA) is 62.0 Å². The SMILES string of the molecule is N#Cc1ccc(N2CCC(Oc3nccs3)CC2)cn1. The fourth-order valence-electron chi connectivity index (χ4n) is 2.28. The second-order valence-corrected chi connectivity index (χ2v) is 5.47. The summed E-state index contributed by atoms with van der Waals surface area (Å²) in [6.07, 6.45) is 5.71. The number of hydrogen-bond acceptors (Lipinski definition) is 6. The summed E-state index contributed by atoms with van der Waals surface area (Å²) >= 11 is 1.53. The lowest BCUT2D eigenvalue weighted by molar-refractivity contribution is 0.170. The summed E-state index contributed by atoms with van der Waals surface area (Å²) < 4.78 is 5.84. The Morgan fingerprint density at radius 3 is 2.75 bits per heavy atom. The number of nitrogens with zero attached hydrogens (tertiary/aromatic N) is 4. The molecule has 3 rings (SSSR count). The maximum Gasteiger partial charge on any atom is 0.273 e. The van der Waals surface area contributed by atoms with Gasteiger partial charge in [0.25, 0.3) is 5.19 Å². The first kappa shape index (κ1) is 12.9. The lowest BCUT2D eigenvalue weighted by atomic mass is 10.1. The molecule has 0 aliphatic carbocycles. The van der Waals surface area contributed by atoms with Crippen LogP contribution in [0.2, 0.25) is 0 Å². The minimum Gasteiger partial charge on any atom is -0.467 e. The van der Waals surface area contributed by atoms with Gasteiger partial charge in [-0.05, 0) is 12.1 Å². The Kier molecular flexibility index (Phi) is 3.79. The summed E-state index contributed by atoms with van der Waals surface area (Å²) in [5.41, 5.74) is 1.52. The van der Waals surface area contributed by atoms with Gasteiger partial charge in [-0.1, -0.05) is 11.3 Å². The molecule has 102 valence electrons. The Morgan fingerprint density at radius 1 is 1.30 bits per heavy atom. The molecule has 0 amide bonds. The highest BCUT2D eigenvalue weighted by Crippen LogP contribution is 2.23. The number of nitriles is 1. The lowest BCUT2D eigenvalue weighted by Gasteiger charge is -2.32. The average molecular weight is 286 g/mol.